The van der Waals surface area contributed by atoms with Gasteiger partial charge < -0.3 is 5.32 Å². The Morgan fingerprint density at radius 1 is 1.75 bits per heavy atom. The van der Waals surface area contributed by atoms with Crippen LogP contribution in [-0.4, -0.2) is 12.2 Å². The van der Waals surface area contributed by atoms with Gasteiger partial charge in [-0.15, -0.1) is 11.8 Å². The van der Waals surface area contributed by atoms with E-state index < -0.39 is 0 Å². The molecule has 1 N–H and O–H groups in total. The molecule has 0 saturated heterocycles. The zero-order valence-corrected chi connectivity index (χ0v) is 7.86. The number of amides is 1. The van der Waals surface area contributed by atoms with Crippen LogP contribution in [0.3, 0.4) is 0 Å². The molecule has 1 amide bonds. The van der Waals surface area contributed by atoms with Gasteiger partial charge in [-0.3, -0.25) is 4.79 Å². The SMILES string of the molecule is CSC1=C(C#N)[C@H](C)CC(=O)N1. The fraction of sp³-hybridized carbons (Fsp3) is 0.500. The van der Waals surface area contributed by atoms with Gasteiger partial charge in [0.1, 0.15) is 0 Å². The summed E-state index contributed by atoms with van der Waals surface area (Å²) in [6.45, 7) is 1.90. The second-order valence-corrected chi connectivity index (χ2v) is 3.53. The van der Waals surface area contributed by atoms with Crippen molar-refractivity contribution >= 4 is 17.7 Å². The zero-order valence-electron chi connectivity index (χ0n) is 7.05. The Bertz CT molecular complexity index is 277. The first-order chi connectivity index (χ1) is 5.69. The summed E-state index contributed by atoms with van der Waals surface area (Å²) in [5.74, 6) is 0.0667. The average Bonchev–Trinajstić information content (AvgIpc) is 2.03. The summed E-state index contributed by atoms with van der Waals surface area (Å²) in [4.78, 5) is 11.0. The van der Waals surface area contributed by atoms with E-state index in [9.17, 15) is 4.79 Å². The van der Waals surface area contributed by atoms with Crippen LogP contribution in [0.5, 0.6) is 0 Å². The highest BCUT2D eigenvalue weighted by Gasteiger charge is 2.23. The maximum atomic E-state index is 11.0. The summed E-state index contributed by atoms with van der Waals surface area (Å²) in [5, 5.41) is 12.2. The third kappa shape index (κ3) is 1.62. The largest absolute Gasteiger partial charge is 0.320 e. The van der Waals surface area contributed by atoms with Crippen molar-refractivity contribution in [2.24, 2.45) is 5.92 Å². The molecule has 0 aromatic heterocycles. The van der Waals surface area contributed by atoms with Crippen molar-refractivity contribution in [3.63, 3.8) is 0 Å². The highest BCUT2D eigenvalue weighted by molar-refractivity contribution is 8.02. The Kier molecular flexibility index (Phi) is 2.77. The predicted molar refractivity (Wildman–Crippen MR) is 48.1 cm³/mol. The molecule has 0 radical (unpaired) electrons. The normalized spacial score (nSPS) is 23.4. The van der Waals surface area contributed by atoms with Gasteiger partial charge in [-0.2, -0.15) is 5.26 Å². The third-order valence-corrected chi connectivity index (χ3v) is 2.54. The molecule has 0 bridgehead atoms. The van der Waals surface area contributed by atoms with Crippen LogP contribution in [0.15, 0.2) is 10.6 Å². The fourth-order valence-electron chi connectivity index (χ4n) is 1.17. The molecule has 0 aliphatic carbocycles. The van der Waals surface area contributed by atoms with E-state index in [4.69, 9.17) is 5.26 Å². The van der Waals surface area contributed by atoms with Gasteiger partial charge in [-0.25, -0.2) is 0 Å². The van der Waals surface area contributed by atoms with Crippen molar-refractivity contribution in [3.05, 3.63) is 10.6 Å². The summed E-state index contributed by atoms with van der Waals surface area (Å²) in [6.07, 6.45) is 2.28. The smallest absolute Gasteiger partial charge is 0.225 e. The molecule has 12 heavy (non-hydrogen) atoms. The Hall–Kier alpha value is -0.950. The topological polar surface area (TPSA) is 52.9 Å². The molecule has 0 saturated carbocycles. The third-order valence-electron chi connectivity index (χ3n) is 1.81. The van der Waals surface area contributed by atoms with Gasteiger partial charge in [-0.05, 0) is 6.26 Å². The van der Waals surface area contributed by atoms with E-state index in [1.54, 1.807) is 0 Å². The van der Waals surface area contributed by atoms with Crippen LogP contribution in [0.25, 0.3) is 0 Å². The monoisotopic (exact) mass is 182 g/mol. The van der Waals surface area contributed by atoms with E-state index in [1.807, 2.05) is 13.2 Å². The minimum atomic E-state index is 0.00542. The first-order valence-electron chi connectivity index (χ1n) is 3.67. The lowest BCUT2D eigenvalue weighted by Gasteiger charge is -2.20. The van der Waals surface area contributed by atoms with Gasteiger partial charge in [0, 0.05) is 12.3 Å². The molecule has 0 aromatic carbocycles. The summed E-state index contributed by atoms with van der Waals surface area (Å²) >= 11 is 1.41. The zero-order chi connectivity index (χ0) is 9.14. The number of nitrogens with one attached hydrogen (secondary N) is 1. The number of hydrogen-bond donors (Lipinski definition) is 1. The van der Waals surface area contributed by atoms with Gasteiger partial charge in [0.15, 0.2) is 0 Å². The lowest BCUT2D eigenvalue weighted by Crippen LogP contribution is -2.30. The van der Waals surface area contributed by atoms with Crippen molar-refractivity contribution in [1.29, 1.82) is 5.26 Å². The first-order valence-corrected chi connectivity index (χ1v) is 4.89. The van der Waals surface area contributed by atoms with Crippen molar-refractivity contribution < 1.29 is 4.79 Å². The lowest BCUT2D eigenvalue weighted by atomic mass is 9.96. The Morgan fingerprint density at radius 2 is 2.42 bits per heavy atom. The second-order valence-electron chi connectivity index (χ2n) is 2.71. The van der Waals surface area contributed by atoms with Gasteiger partial charge in [-0.1, -0.05) is 6.92 Å². The number of rotatable bonds is 1. The average molecular weight is 182 g/mol. The van der Waals surface area contributed by atoms with Crippen molar-refractivity contribution in [2.75, 3.05) is 6.26 Å². The van der Waals surface area contributed by atoms with Gasteiger partial charge in [0.2, 0.25) is 5.91 Å². The maximum absolute atomic E-state index is 11.0. The molecule has 1 atom stereocenters. The summed E-state index contributed by atoms with van der Waals surface area (Å²) in [6, 6.07) is 2.12. The molecule has 1 aliphatic heterocycles. The van der Waals surface area contributed by atoms with Gasteiger partial charge in [0.25, 0.3) is 0 Å². The fourth-order valence-corrected chi connectivity index (χ4v) is 1.85. The van der Waals surface area contributed by atoms with Gasteiger partial charge in [0.05, 0.1) is 16.7 Å². The number of hydrogen-bond acceptors (Lipinski definition) is 3. The quantitative estimate of drug-likeness (QED) is 0.663. The molecule has 3 nitrogen and oxygen atoms in total. The van der Waals surface area contributed by atoms with Crippen LogP contribution in [0, 0.1) is 17.2 Å². The number of allylic oxidation sites excluding steroid dienone is 1. The van der Waals surface area contributed by atoms with E-state index >= 15 is 0 Å². The van der Waals surface area contributed by atoms with Crippen LogP contribution in [0.1, 0.15) is 13.3 Å². The molecule has 0 unspecified atom stereocenters. The van der Waals surface area contributed by atoms with Crippen LogP contribution in [0.2, 0.25) is 0 Å². The van der Waals surface area contributed by atoms with E-state index in [0.29, 0.717) is 17.0 Å². The first kappa shape index (κ1) is 9.14. The molecular formula is C8H10N2OS. The number of nitriles is 1. The predicted octanol–water partition coefficient (Wildman–Crippen LogP) is 1.24. The molecule has 1 heterocycles. The molecule has 0 spiro atoms. The Morgan fingerprint density at radius 3 is 2.92 bits per heavy atom. The molecule has 4 heteroatoms. The van der Waals surface area contributed by atoms with Crippen molar-refractivity contribution in [2.45, 2.75) is 13.3 Å². The second kappa shape index (κ2) is 3.63. The minimum absolute atomic E-state index is 0.00542. The van der Waals surface area contributed by atoms with E-state index in [1.165, 1.54) is 11.8 Å². The molecule has 64 valence electrons. The Balaban J connectivity index is 2.99. The molecule has 1 rings (SSSR count). The van der Waals surface area contributed by atoms with Crippen molar-refractivity contribution in [3.8, 4) is 6.07 Å². The molecule has 0 aromatic rings. The van der Waals surface area contributed by atoms with E-state index in [-0.39, 0.29) is 11.8 Å². The van der Waals surface area contributed by atoms with E-state index in [0.717, 1.165) is 0 Å². The van der Waals surface area contributed by atoms with Crippen molar-refractivity contribution in [1.82, 2.24) is 5.32 Å². The minimum Gasteiger partial charge on any atom is -0.320 e. The van der Waals surface area contributed by atoms with Gasteiger partial charge >= 0.3 is 0 Å². The maximum Gasteiger partial charge on any atom is 0.225 e. The standard InChI is InChI=1S/C8H10N2OS/c1-5-3-7(11)10-8(12-2)6(5)4-9/h5H,3H2,1-2H3,(H,10,11)/t5-/m1/s1. The number of carbonyl (C=O) groups is 1. The number of nitrogens with zero attached hydrogens (tertiary/aromatic N) is 1. The van der Waals surface area contributed by atoms with Crippen LogP contribution in [-0.2, 0) is 4.79 Å². The van der Waals surface area contributed by atoms with Crippen LogP contribution >= 0.6 is 11.8 Å². The van der Waals surface area contributed by atoms with Crippen LogP contribution < -0.4 is 5.32 Å². The molecule has 0 fully saturated rings. The van der Waals surface area contributed by atoms with Crippen LogP contribution in [0.4, 0.5) is 0 Å². The van der Waals surface area contributed by atoms with E-state index in [2.05, 4.69) is 11.4 Å². The Labute approximate surface area is 75.8 Å². The summed E-state index contributed by atoms with van der Waals surface area (Å²) < 4.78 is 0. The molecule has 1 aliphatic rings. The number of carbonyl (C=O) groups excluding carboxylic acids is 1. The summed E-state index contributed by atoms with van der Waals surface area (Å²) in [5.41, 5.74) is 0.696. The highest BCUT2D eigenvalue weighted by atomic mass is 32.2. The lowest BCUT2D eigenvalue weighted by molar-refractivity contribution is -0.121. The summed E-state index contributed by atoms with van der Waals surface area (Å²) in [7, 11) is 0. The highest BCUT2D eigenvalue weighted by Crippen LogP contribution is 2.26. The number of thioether (sulfide) groups is 1. The molecular weight excluding hydrogens is 172 g/mol.